The van der Waals surface area contributed by atoms with Crippen molar-refractivity contribution in [2.45, 2.75) is 4.90 Å². The van der Waals surface area contributed by atoms with Crippen molar-refractivity contribution in [2.24, 2.45) is 4.36 Å². The lowest BCUT2D eigenvalue weighted by Gasteiger charge is -2.10. The van der Waals surface area contributed by atoms with E-state index in [1.165, 1.54) is 0 Å². The number of halogens is 1. The normalized spacial score (nSPS) is 17.6. The third-order valence-electron chi connectivity index (χ3n) is 2.53. The summed E-state index contributed by atoms with van der Waals surface area (Å²) < 4.78 is 40.1. The molecule has 0 radical (unpaired) electrons. The van der Waals surface area contributed by atoms with Crippen LogP contribution >= 0.6 is 10.8 Å². The van der Waals surface area contributed by atoms with E-state index in [0.29, 0.717) is 5.69 Å². The van der Waals surface area contributed by atoms with Gasteiger partial charge >= 0.3 is 0 Å². The Morgan fingerprint density at radius 1 is 1.00 bits per heavy atom. The van der Waals surface area contributed by atoms with Gasteiger partial charge in [-0.05, 0) is 23.3 Å². The minimum atomic E-state index is -4.46. The molecule has 1 heterocycles. The summed E-state index contributed by atoms with van der Waals surface area (Å²) in [5, 5.41) is 0. The van der Waals surface area contributed by atoms with Crippen LogP contribution in [0.5, 0.6) is 0 Å². The highest BCUT2D eigenvalue weighted by Crippen LogP contribution is 2.43. The van der Waals surface area contributed by atoms with Crippen LogP contribution in [0.4, 0.5) is 5.69 Å². The monoisotopic (exact) mass is 329 g/mol. The Labute approximate surface area is 123 Å². The largest absolute Gasteiger partial charge is 0.268 e. The predicted molar refractivity (Wildman–Crippen MR) is 68.3 cm³/mol. The van der Waals surface area contributed by atoms with Crippen LogP contribution in [-0.2, 0) is 13.7 Å². The van der Waals surface area contributed by atoms with E-state index in [4.69, 9.17) is 0 Å². The van der Waals surface area contributed by atoms with E-state index in [1.807, 2.05) is 48.5 Å². The van der Waals surface area contributed by atoms with Gasteiger partial charge < -0.3 is 0 Å². The smallest absolute Gasteiger partial charge is 0.182 e. The minimum Gasteiger partial charge on any atom is -0.182 e. The lowest BCUT2D eigenvalue weighted by molar-refractivity contribution is -1.91. The van der Waals surface area contributed by atoms with E-state index in [9.17, 15) is 14.0 Å². The molecule has 3 rings (SSSR count). The predicted octanol–water partition coefficient (Wildman–Crippen LogP) is 0.637. The molecule has 1 aliphatic heterocycles. The lowest BCUT2D eigenvalue weighted by atomic mass is 10.1. The average Bonchev–Trinajstić information content (AvgIpc) is 2.78. The zero-order chi connectivity index (χ0) is 14.2. The number of hydrogen-bond donors (Lipinski definition) is 0. The molecule has 0 amide bonds. The van der Waals surface area contributed by atoms with Crippen LogP contribution in [0.2, 0.25) is 0 Å². The third-order valence-corrected chi connectivity index (χ3v) is 6.25. The molecule has 0 bridgehead atoms. The minimum absolute atomic E-state index is 0.638. The van der Waals surface area contributed by atoms with Gasteiger partial charge in [0.25, 0.3) is 10.0 Å². The first-order valence-corrected chi connectivity index (χ1v) is 9.13. The third kappa shape index (κ3) is 3.21. The van der Waals surface area contributed by atoms with Crippen molar-refractivity contribution in [3.63, 3.8) is 0 Å². The SMILES string of the molecule is [O-][Cl+3]([O-])([O-])OS1=Nc2cc(-c3ccccc3)ccc2S1. The molecule has 104 valence electrons. The second kappa shape index (κ2) is 5.45. The molecule has 0 spiro atoms. The summed E-state index contributed by atoms with van der Waals surface area (Å²) in [4.78, 5) is 0.798. The maximum absolute atomic E-state index is 10.6. The summed E-state index contributed by atoms with van der Waals surface area (Å²) in [5.74, 6) is 0. The van der Waals surface area contributed by atoms with Crippen LogP contribution < -0.4 is 14.0 Å². The second-order valence-corrected chi connectivity index (χ2v) is 7.72. The Balaban J connectivity index is 1.90. The number of hydrogen-bond acceptors (Lipinski definition) is 6. The van der Waals surface area contributed by atoms with Gasteiger partial charge in [-0.1, -0.05) is 36.4 Å². The van der Waals surface area contributed by atoms with Crippen LogP contribution in [0.15, 0.2) is 57.8 Å². The molecule has 20 heavy (non-hydrogen) atoms. The second-order valence-electron chi connectivity index (χ2n) is 3.88. The van der Waals surface area contributed by atoms with E-state index in [2.05, 4.69) is 8.10 Å². The Hall–Kier alpha value is -0.930. The fourth-order valence-corrected chi connectivity index (χ4v) is 5.39. The van der Waals surface area contributed by atoms with Crippen LogP contribution in [0, 0.1) is 10.2 Å². The number of rotatable bonds is 3. The first-order chi connectivity index (χ1) is 9.51. The number of benzene rings is 2. The van der Waals surface area contributed by atoms with Crippen molar-refractivity contribution in [3.05, 3.63) is 48.5 Å². The quantitative estimate of drug-likeness (QED) is 0.771. The van der Waals surface area contributed by atoms with Crippen molar-refractivity contribution in [3.8, 4) is 11.1 Å². The average molecular weight is 330 g/mol. The standard InChI is InChI=1S/C12H8ClNO4S2/c15-13(16,17)18-20-14-11-8-10(6-7-12(11)19-20)9-4-2-1-3-5-9/h1-8H. The fourth-order valence-electron chi connectivity index (χ4n) is 1.74. The Bertz CT molecular complexity index is 673. The van der Waals surface area contributed by atoms with Gasteiger partial charge in [-0.2, -0.15) is 18.3 Å². The Morgan fingerprint density at radius 2 is 1.75 bits per heavy atom. The fraction of sp³-hybridized carbons (Fsp3) is 0. The molecule has 1 atom stereocenters. The van der Waals surface area contributed by atoms with Crippen LogP contribution in [0.1, 0.15) is 0 Å². The molecule has 0 aliphatic carbocycles. The first kappa shape index (κ1) is 14.0. The van der Waals surface area contributed by atoms with Gasteiger partial charge in [-0.3, -0.25) is 0 Å². The van der Waals surface area contributed by atoms with Gasteiger partial charge in [0.1, 0.15) is 0 Å². The molecule has 0 aromatic heterocycles. The van der Waals surface area contributed by atoms with Crippen molar-refractivity contribution >= 4 is 26.5 Å². The highest BCUT2D eigenvalue weighted by molar-refractivity contribution is 8.68. The number of fused-ring (bicyclic) bond motifs is 1. The molecule has 0 N–H and O–H groups in total. The summed E-state index contributed by atoms with van der Waals surface area (Å²) in [6.45, 7) is 0. The molecule has 2 aromatic carbocycles. The van der Waals surface area contributed by atoms with Crippen LogP contribution in [-0.4, -0.2) is 0 Å². The van der Waals surface area contributed by atoms with Gasteiger partial charge in [0.15, 0.2) is 3.74 Å². The van der Waals surface area contributed by atoms with E-state index in [1.54, 1.807) is 0 Å². The molecule has 0 fully saturated rings. The zero-order valence-corrected chi connectivity index (χ0v) is 12.3. The maximum atomic E-state index is 10.6. The van der Waals surface area contributed by atoms with Gasteiger partial charge in [0.2, 0.25) is 0 Å². The zero-order valence-electron chi connectivity index (χ0n) is 9.89. The Kier molecular flexibility index (Phi) is 3.83. The summed E-state index contributed by atoms with van der Waals surface area (Å²) in [7, 11) is -4.67. The van der Waals surface area contributed by atoms with Crippen molar-refractivity contribution in [1.82, 2.24) is 0 Å². The van der Waals surface area contributed by atoms with E-state index in [0.717, 1.165) is 26.8 Å². The molecule has 1 aliphatic rings. The summed E-state index contributed by atoms with van der Waals surface area (Å²) in [6, 6.07) is 15.4. The molecule has 5 nitrogen and oxygen atoms in total. The van der Waals surface area contributed by atoms with Gasteiger partial charge in [0.05, 0.1) is 15.9 Å². The number of nitrogens with zero attached hydrogens (tertiary/aromatic N) is 1. The first-order valence-electron chi connectivity index (χ1n) is 5.46. The van der Waals surface area contributed by atoms with Gasteiger partial charge in [-0.25, -0.2) is 0 Å². The highest BCUT2D eigenvalue weighted by Gasteiger charge is 2.29. The summed E-state index contributed by atoms with van der Waals surface area (Å²) in [6.07, 6.45) is 0. The van der Waals surface area contributed by atoms with E-state index < -0.39 is 20.2 Å². The van der Waals surface area contributed by atoms with E-state index >= 15 is 0 Å². The van der Waals surface area contributed by atoms with E-state index in [-0.39, 0.29) is 0 Å². The molecule has 8 heteroatoms. The van der Waals surface area contributed by atoms with Crippen molar-refractivity contribution < 1.29 is 28.0 Å². The summed E-state index contributed by atoms with van der Waals surface area (Å²) in [5.41, 5.74) is 2.65. The van der Waals surface area contributed by atoms with Gasteiger partial charge in [-0.15, -0.1) is 0 Å². The van der Waals surface area contributed by atoms with Crippen molar-refractivity contribution in [2.75, 3.05) is 0 Å². The van der Waals surface area contributed by atoms with Crippen molar-refractivity contribution in [1.29, 1.82) is 0 Å². The topological polar surface area (TPSA) is 90.8 Å². The van der Waals surface area contributed by atoms with Crippen LogP contribution in [0.3, 0.4) is 0 Å². The lowest BCUT2D eigenvalue weighted by Crippen LogP contribution is -2.60. The van der Waals surface area contributed by atoms with Gasteiger partial charge in [0, 0.05) is 15.7 Å². The molecule has 1 unspecified atom stereocenters. The van der Waals surface area contributed by atoms with Crippen LogP contribution in [0.25, 0.3) is 11.1 Å². The molecule has 0 saturated heterocycles. The molecule has 0 saturated carbocycles. The molecule has 2 aromatic rings. The maximum Gasteiger partial charge on any atom is 0.268 e. The molecular weight excluding hydrogens is 322 g/mol. The molecular formula is C12H8ClNO4S2. The Morgan fingerprint density at radius 3 is 2.45 bits per heavy atom. The summed E-state index contributed by atoms with van der Waals surface area (Å²) >= 11 is 0. The highest BCUT2D eigenvalue weighted by atomic mass is 35.7.